The van der Waals surface area contributed by atoms with Crippen LogP contribution < -0.4 is 32.1 Å². The minimum Gasteiger partial charge on any atom is -0.462 e. The van der Waals surface area contributed by atoms with Crippen LogP contribution in [0.5, 0.6) is 5.75 Å². The molecule has 48 heavy (non-hydrogen) atoms. The first-order chi connectivity index (χ1) is 22.8. The number of anilines is 2. The fraction of sp³-hybridized carbons (Fsp3) is 0.406. The Balaban J connectivity index is 1.44. The Morgan fingerprint density at radius 2 is 2.08 bits per heavy atom. The van der Waals surface area contributed by atoms with Crippen LogP contribution >= 0.6 is 11.6 Å². The molecule has 254 valence electrons. The molecule has 16 heteroatoms. The number of rotatable bonds is 6. The average molecular weight is 691 g/mol. The van der Waals surface area contributed by atoms with E-state index in [0.717, 1.165) is 12.5 Å². The molecule has 1 unspecified atom stereocenters. The van der Waals surface area contributed by atoms with Crippen molar-refractivity contribution in [3.05, 3.63) is 74.6 Å². The second-order valence-electron chi connectivity index (χ2n) is 12.5. The van der Waals surface area contributed by atoms with Gasteiger partial charge in [0.05, 0.1) is 50.2 Å². The van der Waals surface area contributed by atoms with Crippen molar-refractivity contribution in [1.82, 2.24) is 25.1 Å². The summed E-state index contributed by atoms with van der Waals surface area (Å²) in [6.07, 6.45) is -1.08. The van der Waals surface area contributed by atoms with Crippen molar-refractivity contribution < 1.29 is 31.4 Å². The maximum Gasteiger partial charge on any atom is 0.418 e. The minimum atomic E-state index is -4.93. The number of nitrogens with two attached hydrogens (primary N) is 2. The van der Waals surface area contributed by atoms with E-state index in [9.17, 15) is 17.6 Å². The van der Waals surface area contributed by atoms with Gasteiger partial charge in [0.1, 0.15) is 36.9 Å². The SMILES string of the molecule is Cc1cc(N)nc(-c2c(F)c3c4c(c2Cl)=NCNC=4N(C(C)c2cccnc2N)C=C(OC[C@@]24CCCN2C[C@H](F)C4)O3)c1C(F)(F)F. The van der Waals surface area contributed by atoms with Gasteiger partial charge in [-0.2, -0.15) is 13.2 Å². The number of pyridine rings is 2. The maximum absolute atomic E-state index is 17.0. The topological polar surface area (TPSA) is 127 Å². The number of hydrogen-bond acceptors (Lipinski definition) is 10. The first kappa shape index (κ1) is 32.2. The highest BCUT2D eigenvalue weighted by molar-refractivity contribution is 6.33. The number of benzene rings is 1. The van der Waals surface area contributed by atoms with E-state index in [1.165, 1.54) is 13.1 Å². The van der Waals surface area contributed by atoms with E-state index in [1.807, 2.05) is 6.92 Å². The van der Waals surface area contributed by atoms with E-state index >= 15 is 4.39 Å². The number of aromatic nitrogens is 2. The van der Waals surface area contributed by atoms with Crippen LogP contribution in [0.4, 0.5) is 33.6 Å². The zero-order chi connectivity index (χ0) is 34.1. The molecule has 2 fully saturated rings. The first-order valence-corrected chi connectivity index (χ1v) is 15.8. The second kappa shape index (κ2) is 11.7. The molecule has 7 rings (SSSR count). The highest BCUT2D eigenvalue weighted by Crippen LogP contribution is 2.44. The standard InChI is InChI=1S/C32H32ClF5N8O2/c1-15-9-19(39)44-26(23(15)32(36,37)38)21-24(33)27-22-28(25(21)35)48-20(47-13-31-6-4-8-45(31)11-17(34)10-31)12-46(30(22)43-14-42-27)16(2)18-5-3-7-41-29(18)40/h3,5,7,9,12,16-17,43H,4,6,8,10-11,13-14H2,1-2H3,(H2,39,44)(H2,40,41)/t16?,17-,31+/m1/s1. The molecule has 1 aromatic carbocycles. The fourth-order valence-electron chi connectivity index (χ4n) is 7.33. The molecular formula is C32H32ClF5N8O2. The Kier molecular flexibility index (Phi) is 7.81. The normalized spacial score (nSPS) is 22.6. The van der Waals surface area contributed by atoms with Crippen LogP contribution in [0, 0.1) is 12.7 Å². The van der Waals surface area contributed by atoms with E-state index in [1.54, 1.807) is 23.2 Å². The number of fused-ring (bicyclic) bond motifs is 1. The van der Waals surface area contributed by atoms with Crippen LogP contribution in [0.2, 0.25) is 5.02 Å². The lowest BCUT2D eigenvalue weighted by Crippen LogP contribution is -2.45. The van der Waals surface area contributed by atoms with Crippen molar-refractivity contribution in [3.63, 3.8) is 0 Å². The van der Waals surface area contributed by atoms with Gasteiger partial charge in [-0.3, -0.25) is 9.89 Å². The lowest BCUT2D eigenvalue weighted by molar-refractivity contribution is -0.137. The largest absolute Gasteiger partial charge is 0.462 e. The van der Waals surface area contributed by atoms with Crippen molar-refractivity contribution in [1.29, 1.82) is 0 Å². The summed E-state index contributed by atoms with van der Waals surface area (Å²) >= 11 is 6.78. The third-order valence-corrected chi connectivity index (χ3v) is 9.84. The molecule has 2 aromatic heterocycles. The van der Waals surface area contributed by atoms with Gasteiger partial charge in [-0.25, -0.2) is 18.7 Å². The molecule has 0 radical (unpaired) electrons. The van der Waals surface area contributed by atoms with E-state index in [-0.39, 0.29) is 65.8 Å². The van der Waals surface area contributed by atoms with Crippen molar-refractivity contribution >= 4 is 29.1 Å². The number of nitrogens with zero attached hydrogens (tertiary/aromatic N) is 5. The third kappa shape index (κ3) is 5.23. The van der Waals surface area contributed by atoms with Crippen molar-refractivity contribution in [2.24, 2.45) is 4.99 Å². The van der Waals surface area contributed by atoms with E-state index in [2.05, 4.69) is 25.2 Å². The molecule has 6 heterocycles. The Labute approximate surface area is 276 Å². The first-order valence-electron chi connectivity index (χ1n) is 15.4. The van der Waals surface area contributed by atoms with Crippen LogP contribution in [0.1, 0.15) is 48.9 Å². The van der Waals surface area contributed by atoms with Gasteiger partial charge in [-0.05, 0) is 50.9 Å². The predicted octanol–water partition coefficient (Wildman–Crippen LogP) is 4.52. The van der Waals surface area contributed by atoms with Crippen LogP contribution in [0.15, 0.2) is 41.5 Å². The van der Waals surface area contributed by atoms with Gasteiger partial charge in [-0.15, -0.1) is 0 Å². The van der Waals surface area contributed by atoms with Crippen LogP contribution in [0.3, 0.4) is 0 Å². The van der Waals surface area contributed by atoms with Gasteiger partial charge >= 0.3 is 12.1 Å². The van der Waals surface area contributed by atoms with Gasteiger partial charge in [-0.1, -0.05) is 17.7 Å². The molecule has 10 nitrogen and oxygen atoms in total. The molecule has 0 spiro atoms. The number of alkyl halides is 4. The monoisotopic (exact) mass is 690 g/mol. The number of hydrogen-bond donors (Lipinski definition) is 3. The van der Waals surface area contributed by atoms with Crippen molar-refractivity contribution in [3.8, 4) is 17.0 Å². The molecule has 0 saturated carbocycles. The molecular weight excluding hydrogens is 659 g/mol. The molecule has 0 aliphatic carbocycles. The maximum atomic E-state index is 17.0. The molecule has 2 saturated heterocycles. The summed E-state index contributed by atoms with van der Waals surface area (Å²) in [4.78, 5) is 16.3. The second-order valence-corrected chi connectivity index (χ2v) is 12.8. The summed E-state index contributed by atoms with van der Waals surface area (Å²) in [5.41, 5.74) is 9.20. The van der Waals surface area contributed by atoms with Crippen LogP contribution in [-0.4, -0.2) is 57.8 Å². The Hall–Kier alpha value is -4.37. The van der Waals surface area contributed by atoms with Gasteiger partial charge in [0.15, 0.2) is 11.6 Å². The molecule has 5 N–H and O–H groups in total. The summed E-state index contributed by atoms with van der Waals surface area (Å²) in [5.74, 6) is -1.62. The zero-order valence-corrected chi connectivity index (χ0v) is 26.7. The van der Waals surface area contributed by atoms with Crippen LogP contribution in [-0.2, 0) is 10.9 Å². The molecule has 4 aliphatic heterocycles. The summed E-state index contributed by atoms with van der Waals surface area (Å²) in [7, 11) is 0. The molecule has 4 aliphatic rings. The van der Waals surface area contributed by atoms with Crippen molar-refractivity contribution in [2.75, 3.05) is 37.8 Å². The average Bonchev–Trinajstić information content (AvgIpc) is 3.48. The Morgan fingerprint density at radius 3 is 2.83 bits per heavy atom. The minimum absolute atomic E-state index is 0.0190. The lowest BCUT2D eigenvalue weighted by atomic mass is 9.95. The van der Waals surface area contributed by atoms with Gasteiger partial charge < -0.3 is 31.2 Å². The number of ether oxygens (including phenoxy) is 2. The van der Waals surface area contributed by atoms with Gasteiger partial charge in [0, 0.05) is 24.7 Å². The summed E-state index contributed by atoms with van der Waals surface area (Å²) in [6, 6.07) is 3.99. The van der Waals surface area contributed by atoms with Gasteiger partial charge in [0.25, 0.3) is 0 Å². The summed E-state index contributed by atoms with van der Waals surface area (Å²) < 4.78 is 87.3. The summed E-state index contributed by atoms with van der Waals surface area (Å²) in [6.45, 7) is 4.00. The number of halogens is 6. The lowest BCUT2D eigenvalue weighted by Gasteiger charge is -2.32. The quantitative estimate of drug-likeness (QED) is 0.320. The third-order valence-electron chi connectivity index (χ3n) is 9.48. The highest BCUT2D eigenvalue weighted by atomic mass is 35.5. The zero-order valence-electron chi connectivity index (χ0n) is 26.0. The van der Waals surface area contributed by atoms with E-state index in [0.29, 0.717) is 18.5 Å². The number of nitrogens with one attached hydrogen (secondary N) is 1. The van der Waals surface area contributed by atoms with E-state index in [4.69, 9.17) is 32.5 Å². The fourth-order valence-corrected chi connectivity index (χ4v) is 7.66. The molecule has 0 amide bonds. The Morgan fingerprint density at radius 1 is 1.29 bits per heavy atom. The highest BCUT2D eigenvalue weighted by Gasteiger charge is 2.50. The number of nitrogen functional groups attached to an aromatic ring is 2. The number of aryl methyl sites for hydroxylation is 1. The molecule has 3 aromatic rings. The van der Waals surface area contributed by atoms with Crippen molar-refractivity contribution in [2.45, 2.75) is 57.0 Å². The smallest absolute Gasteiger partial charge is 0.418 e. The van der Waals surface area contributed by atoms with Crippen LogP contribution in [0.25, 0.3) is 17.1 Å². The predicted molar refractivity (Wildman–Crippen MR) is 168 cm³/mol. The van der Waals surface area contributed by atoms with E-state index < -0.39 is 57.3 Å². The molecule has 0 bridgehead atoms. The molecule has 3 atom stereocenters. The summed E-state index contributed by atoms with van der Waals surface area (Å²) in [5, 5.41) is 2.77. The van der Waals surface area contributed by atoms with Gasteiger partial charge in [0.2, 0.25) is 0 Å². The Bertz CT molecular complexity index is 1980.